The first-order valence-corrected chi connectivity index (χ1v) is 4.39. The number of nitrogens with two attached hydrogens (primary N) is 1. The summed E-state index contributed by atoms with van der Waals surface area (Å²) in [4.78, 5) is 0. The average molecular weight is 144 g/mol. The summed E-state index contributed by atoms with van der Waals surface area (Å²) in [6.07, 6.45) is 0. The van der Waals surface area contributed by atoms with Gasteiger partial charge in [-0.15, -0.1) is 0 Å². The smallest absolute Gasteiger partial charge is 0.307 e. The zero-order chi connectivity index (χ0) is 5.91. The van der Waals surface area contributed by atoms with Crippen molar-refractivity contribution in [2.45, 2.75) is 6.92 Å². The fourth-order valence-corrected chi connectivity index (χ4v) is 0.821. The molecule has 0 aliphatic carbocycles. The Kier molecular flexibility index (Phi) is 2.84. The largest absolute Gasteiger partial charge is 0.357 e. The fourth-order valence-electron chi connectivity index (χ4n) is 0.176. The molecule has 0 radical (unpaired) electrons. The highest BCUT2D eigenvalue weighted by molar-refractivity contribution is 7.83. The summed E-state index contributed by atoms with van der Waals surface area (Å²) in [5, 5.41) is 0. The van der Waals surface area contributed by atoms with Gasteiger partial charge in [0.15, 0.2) is 0 Å². The first-order chi connectivity index (χ1) is 3.06. The van der Waals surface area contributed by atoms with Gasteiger partial charge in [-0.25, -0.2) is 5.50 Å². The molecular weight excluding hydrogens is 136 g/mol. The van der Waals surface area contributed by atoms with E-state index < -0.39 is 6.87 Å². The van der Waals surface area contributed by atoms with Crippen LogP contribution in [-0.2, 0) is 9.09 Å². The van der Waals surface area contributed by atoms with E-state index >= 15 is 0 Å². The highest BCUT2D eigenvalue weighted by atomic mass is 35.7. The molecule has 0 amide bonds. The lowest BCUT2D eigenvalue weighted by Gasteiger charge is -1.99. The molecule has 0 saturated carbocycles. The molecule has 0 heterocycles. The summed E-state index contributed by atoms with van der Waals surface area (Å²) in [5.41, 5.74) is 4.74. The summed E-state index contributed by atoms with van der Waals surface area (Å²) in [5.74, 6) is 0. The van der Waals surface area contributed by atoms with Crippen LogP contribution in [0, 0.1) is 0 Å². The van der Waals surface area contributed by atoms with Crippen LogP contribution in [0.4, 0.5) is 0 Å². The van der Waals surface area contributed by atoms with Gasteiger partial charge in [0.1, 0.15) is 0 Å². The van der Waals surface area contributed by atoms with Crippen LogP contribution in [0.3, 0.4) is 0 Å². The van der Waals surface area contributed by atoms with Gasteiger partial charge in [-0.3, -0.25) is 4.57 Å². The Hall–Kier alpha value is 0.440. The van der Waals surface area contributed by atoms with Crippen molar-refractivity contribution in [1.29, 1.82) is 0 Å². The maximum Gasteiger partial charge on any atom is 0.357 e. The van der Waals surface area contributed by atoms with E-state index in [2.05, 4.69) is 4.52 Å². The Balaban J connectivity index is 3.36. The standard InChI is InChI=1S/C2H7ClNO2P/c1-2-6-7(3,4)5/h2H2,1H3,(H2,4,5). The molecule has 0 fully saturated rings. The maximum atomic E-state index is 10.1. The minimum absolute atomic E-state index is 0.289. The van der Waals surface area contributed by atoms with E-state index in [0.717, 1.165) is 0 Å². The Bertz CT molecular complexity index is 89.7. The first kappa shape index (κ1) is 7.44. The molecular formula is C2H7ClNO2P. The molecule has 2 N–H and O–H groups in total. The van der Waals surface area contributed by atoms with Gasteiger partial charge < -0.3 is 4.52 Å². The minimum Gasteiger partial charge on any atom is -0.307 e. The van der Waals surface area contributed by atoms with Crippen LogP contribution in [0.2, 0.25) is 0 Å². The summed E-state index contributed by atoms with van der Waals surface area (Å²) in [6, 6.07) is 0. The van der Waals surface area contributed by atoms with Crippen molar-refractivity contribution in [2.24, 2.45) is 5.50 Å². The molecule has 0 aromatic heterocycles. The van der Waals surface area contributed by atoms with Crippen molar-refractivity contribution < 1.29 is 9.09 Å². The second-order valence-corrected chi connectivity index (χ2v) is 3.65. The van der Waals surface area contributed by atoms with Gasteiger partial charge in [-0.05, 0) is 18.2 Å². The van der Waals surface area contributed by atoms with E-state index in [4.69, 9.17) is 16.7 Å². The molecule has 3 nitrogen and oxygen atoms in total. The van der Waals surface area contributed by atoms with Gasteiger partial charge in [-0.2, -0.15) is 0 Å². The molecule has 1 atom stereocenters. The second-order valence-electron chi connectivity index (χ2n) is 0.939. The predicted octanol–water partition coefficient (Wildman–Crippen LogP) is 1.33. The van der Waals surface area contributed by atoms with Gasteiger partial charge in [0.2, 0.25) is 0 Å². The van der Waals surface area contributed by atoms with Crippen molar-refractivity contribution in [2.75, 3.05) is 6.61 Å². The molecule has 44 valence electrons. The third kappa shape index (κ3) is 6.44. The van der Waals surface area contributed by atoms with Gasteiger partial charge >= 0.3 is 6.87 Å². The average Bonchev–Trinajstić information content (AvgIpc) is 1.30. The lowest BCUT2D eigenvalue weighted by atomic mass is 10.9. The SMILES string of the molecule is CCOP(N)(=O)Cl. The summed E-state index contributed by atoms with van der Waals surface area (Å²) in [7, 11) is 0. The van der Waals surface area contributed by atoms with Crippen molar-refractivity contribution in [3.63, 3.8) is 0 Å². The minimum atomic E-state index is -3.19. The normalized spacial score (nSPS) is 18.7. The van der Waals surface area contributed by atoms with E-state index in [1.165, 1.54) is 0 Å². The maximum absolute atomic E-state index is 10.1. The van der Waals surface area contributed by atoms with Crippen LogP contribution in [-0.4, -0.2) is 6.61 Å². The summed E-state index contributed by atoms with van der Waals surface area (Å²) in [6.45, 7) is -1.24. The monoisotopic (exact) mass is 143 g/mol. The van der Waals surface area contributed by atoms with Crippen molar-refractivity contribution in [3.05, 3.63) is 0 Å². The molecule has 0 aliphatic rings. The van der Waals surface area contributed by atoms with Crippen LogP contribution in [0.15, 0.2) is 0 Å². The highest BCUT2D eigenvalue weighted by Gasteiger charge is 2.07. The first-order valence-electron chi connectivity index (χ1n) is 1.79. The Morgan fingerprint density at radius 1 is 2.00 bits per heavy atom. The Morgan fingerprint density at radius 2 is 2.43 bits per heavy atom. The molecule has 5 heteroatoms. The predicted molar refractivity (Wildman–Crippen MR) is 29.3 cm³/mol. The van der Waals surface area contributed by atoms with E-state index in [-0.39, 0.29) is 6.61 Å². The molecule has 0 aliphatic heterocycles. The fraction of sp³-hybridized carbons (Fsp3) is 1.00. The van der Waals surface area contributed by atoms with Gasteiger partial charge in [0, 0.05) is 0 Å². The Labute approximate surface area is 47.1 Å². The van der Waals surface area contributed by atoms with E-state index in [9.17, 15) is 4.57 Å². The van der Waals surface area contributed by atoms with Crippen LogP contribution in [0.1, 0.15) is 6.92 Å². The summed E-state index contributed by atoms with van der Waals surface area (Å²) < 4.78 is 14.5. The van der Waals surface area contributed by atoms with Crippen LogP contribution in [0.5, 0.6) is 0 Å². The van der Waals surface area contributed by atoms with Gasteiger partial charge in [-0.1, -0.05) is 0 Å². The number of hydrogen-bond acceptors (Lipinski definition) is 2. The lowest BCUT2D eigenvalue weighted by molar-refractivity contribution is 0.345. The highest BCUT2D eigenvalue weighted by Crippen LogP contribution is 2.42. The molecule has 7 heavy (non-hydrogen) atoms. The van der Waals surface area contributed by atoms with E-state index in [1.807, 2.05) is 0 Å². The molecule has 0 aromatic rings. The quantitative estimate of drug-likeness (QED) is 0.594. The van der Waals surface area contributed by atoms with Crippen LogP contribution >= 0.6 is 18.1 Å². The van der Waals surface area contributed by atoms with E-state index in [0.29, 0.717) is 0 Å². The van der Waals surface area contributed by atoms with Gasteiger partial charge in [0.05, 0.1) is 6.61 Å². The zero-order valence-corrected chi connectivity index (χ0v) is 5.58. The third-order valence-corrected chi connectivity index (χ3v) is 1.21. The third-order valence-electron chi connectivity index (χ3n) is 0.305. The molecule has 0 spiro atoms. The van der Waals surface area contributed by atoms with Crippen LogP contribution in [0.25, 0.3) is 0 Å². The molecule has 1 unspecified atom stereocenters. The zero-order valence-electron chi connectivity index (χ0n) is 3.93. The van der Waals surface area contributed by atoms with Crippen molar-refractivity contribution in [1.82, 2.24) is 0 Å². The topological polar surface area (TPSA) is 52.3 Å². The molecule has 0 saturated heterocycles. The van der Waals surface area contributed by atoms with Crippen molar-refractivity contribution in [3.8, 4) is 0 Å². The lowest BCUT2D eigenvalue weighted by Crippen LogP contribution is -1.91. The Morgan fingerprint density at radius 3 is 2.43 bits per heavy atom. The van der Waals surface area contributed by atoms with Crippen molar-refractivity contribution >= 4 is 18.1 Å². The number of hydrogen-bond donors (Lipinski definition) is 1. The van der Waals surface area contributed by atoms with E-state index in [1.54, 1.807) is 6.92 Å². The second kappa shape index (κ2) is 2.68. The van der Waals surface area contributed by atoms with Crippen LogP contribution < -0.4 is 5.50 Å². The number of rotatable bonds is 2. The summed E-state index contributed by atoms with van der Waals surface area (Å²) >= 11 is 4.94. The van der Waals surface area contributed by atoms with Gasteiger partial charge in [0.25, 0.3) is 0 Å². The molecule has 0 bridgehead atoms. The number of halogens is 1. The molecule has 0 rings (SSSR count). The molecule has 0 aromatic carbocycles.